The molecule has 0 spiro atoms. The van der Waals surface area contributed by atoms with Crippen LogP contribution in [0, 0.1) is 0 Å². The van der Waals surface area contributed by atoms with Crippen LogP contribution in [0.1, 0.15) is 25.3 Å². The highest BCUT2D eigenvalue weighted by Gasteiger charge is 2.06. The summed E-state index contributed by atoms with van der Waals surface area (Å²) in [5, 5.41) is 2.16. The molecule has 0 fully saturated rings. The van der Waals surface area contributed by atoms with Crippen molar-refractivity contribution in [2.45, 2.75) is 26.2 Å². The van der Waals surface area contributed by atoms with Crippen LogP contribution in [0.15, 0.2) is 35.8 Å². The summed E-state index contributed by atoms with van der Waals surface area (Å²) < 4.78 is 0. The molecule has 0 saturated carbocycles. The second-order valence-corrected chi connectivity index (χ2v) is 4.51. The molecule has 0 unspecified atom stereocenters. The van der Waals surface area contributed by atoms with E-state index >= 15 is 0 Å². The summed E-state index contributed by atoms with van der Waals surface area (Å²) in [7, 11) is 0. The van der Waals surface area contributed by atoms with Gasteiger partial charge in [-0.05, 0) is 42.0 Å². The molecular weight excluding hydrogens is 202 g/mol. The first kappa shape index (κ1) is 10.4. The zero-order chi connectivity index (χ0) is 10.5. The standard InChI is InChI=1S/C13H15NS/c1-2-3-6-11-8-10-15-13(11)12-7-4-5-9-14-12/h4-5,7-10H,2-3,6H2,1H3. The minimum atomic E-state index is 1.11. The summed E-state index contributed by atoms with van der Waals surface area (Å²) in [4.78, 5) is 5.74. The normalized spacial score (nSPS) is 10.5. The molecule has 0 saturated heterocycles. The molecule has 2 heterocycles. The Morgan fingerprint density at radius 2 is 2.20 bits per heavy atom. The van der Waals surface area contributed by atoms with Crippen LogP contribution in [0.4, 0.5) is 0 Å². The molecule has 0 aliphatic rings. The predicted octanol–water partition coefficient (Wildman–Crippen LogP) is 4.15. The van der Waals surface area contributed by atoms with E-state index in [1.54, 1.807) is 11.3 Å². The first-order valence-electron chi connectivity index (χ1n) is 5.39. The molecule has 0 radical (unpaired) electrons. The Balaban J connectivity index is 2.25. The third-order valence-corrected chi connectivity index (χ3v) is 3.42. The lowest BCUT2D eigenvalue weighted by Gasteiger charge is -2.01. The van der Waals surface area contributed by atoms with E-state index in [2.05, 4.69) is 29.4 Å². The lowest BCUT2D eigenvalue weighted by atomic mass is 10.1. The fourth-order valence-corrected chi connectivity index (χ4v) is 2.55. The molecule has 78 valence electrons. The first-order chi connectivity index (χ1) is 7.42. The number of rotatable bonds is 4. The molecule has 0 aliphatic carbocycles. The van der Waals surface area contributed by atoms with E-state index in [9.17, 15) is 0 Å². The molecule has 2 aromatic heterocycles. The monoisotopic (exact) mass is 217 g/mol. The van der Waals surface area contributed by atoms with Gasteiger partial charge < -0.3 is 0 Å². The van der Waals surface area contributed by atoms with Gasteiger partial charge in [-0.3, -0.25) is 4.98 Å². The highest BCUT2D eigenvalue weighted by atomic mass is 32.1. The highest BCUT2D eigenvalue weighted by Crippen LogP contribution is 2.28. The SMILES string of the molecule is CCCCc1ccsc1-c1ccccn1. The highest BCUT2D eigenvalue weighted by molar-refractivity contribution is 7.13. The van der Waals surface area contributed by atoms with E-state index in [0.717, 1.165) is 5.69 Å². The molecule has 0 bridgehead atoms. The number of aryl methyl sites for hydroxylation is 1. The summed E-state index contributed by atoms with van der Waals surface area (Å²) in [6.45, 7) is 2.23. The van der Waals surface area contributed by atoms with Gasteiger partial charge in [0.2, 0.25) is 0 Å². The van der Waals surface area contributed by atoms with Crippen LogP contribution in [0.5, 0.6) is 0 Å². The number of aromatic nitrogens is 1. The Kier molecular flexibility index (Phi) is 3.51. The zero-order valence-electron chi connectivity index (χ0n) is 8.94. The van der Waals surface area contributed by atoms with Crippen LogP contribution >= 0.6 is 11.3 Å². The van der Waals surface area contributed by atoms with Gasteiger partial charge in [0.15, 0.2) is 0 Å². The Morgan fingerprint density at radius 3 is 2.93 bits per heavy atom. The topological polar surface area (TPSA) is 12.9 Å². The molecule has 0 atom stereocenters. The van der Waals surface area contributed by atoms with Crippen molar-refractivity contribution in [2.24, 2.45) is 0 Å². The fourth-order valence-electron chi connectivity index (χ4n) is 1.62. The number of hydrogen-bond donors (Lipinski definition) is 0. The number of unbranched alkanes of at least 4 members (excludes halogenated alkanes) is 1. The lowest BCUT2D eigenvalue weighted by Crippen LogP contribution is -1.86. The van der Waals surface area contributed by atoms with Crippen molar-refractivity contribution in [2.75, 3.05) is 0 Å². The van der Waals surface area contributed by atoms with Crippen molar-refractivity contribution in [3.63, 3.8) is 0 Å². The number of pyridine rings is 1. The van der Waals surface area contributed by atoms with E-state index in [0.29, 0.717) is 0 Å². The average Bonchev–Trinajstić information content (AvgIpc) is 2.75. The summed E-state index contributed by atoms with van der Waals surface area (Å²) in [5.41, 5.74) is 2.55. The van der Waals surface area contributed by atoms with E-state index in [-0.39, 0.29) is 0 Å². The van der Waals surface area contributed by atoms with Gasteiger partial charge in [-0.2, -0.15) is 0 Å². The number of thiophene rings is 1. The molecule has 0 amide bonds. The summed E-state index contributed by atoms with van der Waals surface area (Å²) >= 11 is 1.79. The quantitative estimate of drug-likeness (QED) is 0.749. The molecular formula is C13H15NS. The lowest BCUT2D eigenvalue weighted by molar-refractivity contribution is 0.798. The largest absolute Gasteiger partial charge is 0.255 e. The maximum atomic E-state index is 4.40. The molecule has 1 nitrogen and oxygen atoms in total. The first-order valence-corrected chi connectivity index (χ1v) is 6.27. The van der Waals surface area contributed by atoms with E-state index in [4.69, 9.17) is 0 Å². The van der Waals surface area contributed by atoms with Crippen LogP contribution < -0.4 is 0 Å². The van der Waals surface area contributed by atoms with Gasteiger partial charge in [0.1, 0.15) is 0 Å². The van der Waals surface area contributed by atoms with Crippen LogP contribution in [0.3, 0.4) is 0 Å². The van der Waals surface area contributed by atoms with E-state index in [1.165, 1.54) is 29.7 Å². The van der Waals surface area contributed by atoms with Crippen molar-refractivity contribution < 1.29 is 0 Å². The molecule has 0 aromatic carbocycles. The van der Waals surface area contributed by atoms with Crippen molar-refractivity contribution in [3.05, 3.63) is 41.4 Å². The Labute approximate surface area is 94.8 Å². The summed E-state index contributed by atoms with van der Waals surface area (Å²) in [5.74, 6) is 0. The van der Waals surface area contributed by atoms with Gasteiger partial charge in [-0.15, -0.1) is 11.3 Å². The van der Waals surface area contributed by atoms with Gasteiger partial charge >= 0.3 is 0 Å². The van der Waals surface area contributed by atoms with Gasteiger partial charge in [-0.25, -0.2) is 0 Å². The van der Waals surface area contributed by atoms with Crippen LogP contribution in [-0.2, 0) is 6.42 Å². The smallest absolute Gasteiger partial charge is 0.0804 e. The van der Waals surface area contributed by atoms with E-state index < -0.39 is 0 Å². The van der Waals surface area contributed by atoms with Crippen molar-refractivity contribution >= 4 is 11.3 Å². The van der Waals surface area contributed by atoms with Crippen molar-refractivity contribution in [1.29, 1.82) is 0 Å². The fraction of sp³-hybridized carbons (Fsp3) is 0.308. The second-order valence-electron chi connectivity index (χ2n) is 3.59. The molecule has 0 aliphatic heterocycles. The third-order valence-electron chi connectivity index (χ3n) is 2.44. The molecule has 0 N–H and O–H groups in total. The molecule has 2 aromatic rings. The Hall–Kier alpha value is -1.15. The minimum Gasteiger partial charge on any atom is -0.255 e. The van der Waals surface area contributed by atoms with Gasteiger partial charge in [-0.1, -0.05) is 19.4 Å². The maximum Gasteiger partial charge on any atom is 0.0804 e. The Bertz CT molecular complexity index is 405. The number of hydrogen-bond acceptors (Lipinski definition) is 2. The maximum absolute atomic E-state index is 4.40. The zero-order valence-corrected chi connectivity index (χ0v) is 9.76. The van der Waals surface area contributed by atoms with Crippen LogP contribution in [-0.4, -0.2) is 4.98 Å². The van der Waals surface area contributed by atoms with Gasteiger partial charge in [0.25, 0.3) is 0 Å². The predicted molar refractivity (Wildman–Crippen MR) is 66.2 cm³/mol. The van der Waals surface area contributed by atoms with Crippen molar-refractivity contribution in [3.8, 4) is 10.6 Å². The molecule has 15 heavy (non-hydrogen) atoms. The van der Waals surface area contributed by atoms with Crippen LogP contribution in [0.25, 0.3) is 10.6 Å². The summed E-state index contributed by atoms with van der Waals surface area (Å²) in [6.07, 6.45) is 5.54. The minimum absolute atomic E-state index is 1.11. The van der Waals surface area contributed by atoms with Crippen molar-refractivity contribution in [1.82, 2.24) is 4.98 Å². The van der Waals surface area contributed by atoms with Gasteiger partial charge in [0, 0.05) is 6.20 Å². The molecule has 2 heteroatoms. The molecule has 2 rings (SSSR count). The van der Waals surface area contributed by atoms with Crippen LogP contribution in [0.2, 0.25) is 0 Å². The summed E-state index contributed by atoms with van der Waals surface area (Å²) in [6, 6.07) is 8.32. The Morgan fingerprint density at radius 1 is 1.27 bits per heavy atom. The average molecular weight is 217 g/mol. The third kappa shape index (κ3) is 2.45. The van der Waals surface area contributed by atoms with E-state index in [1.807, 2.05) is 18.3 Å². The number of nitrogens with zero attached hydrogens (tertiary/aromatic N) is 1. The van der Waals surface area contributed by atoms with Gasteiger partial charge in [0.05, 0.1) is 10.6 Å². The second kappa shape index (κ2) is 5.08.